The first-order chi connectivity index (χ1) is 6.37. The van der Waals surface area contributed by atoms with Crippen molar-refractivity contribution >= 4 is 10.2 Å². The van der Waals surface area contributed by atoms with Gasteiger partial charge in [0.1, 0.15) is 0 Å². The van der Waals surface area contributed by atoms with E-state index in [1.807, 2.05) is 7.05 Å². The lowest BCUT2D eigenvalue weighted by Gasteiger charge is -2.39. The van der Waals surface area contributed by atoms with Crippen LogP contribution in [-0.2, 0) is 10.2 Å². The van der Waals surface area contributed by atoms with Gasteiger partial charge in [-0.2, -0.15) is 13.1 Å². The standard InChI is InChI=1S/C7H18N4O2S/c1-11-4-2-7(6-8,3-5-11)10-14(9,12)13/h10H,2-6,8H2,1H3,(H2,9,12,13). The van der Waals surface area contributed by atoms with E-state index in [1.165, 1.54) is 0 Å². The number of nitrogens with zero attached hydrogens (tertiary/aromatic N) is 1. The van der Waals surface area contributed by atoms with E-state index in [2.05, 4.69) is 9.62 Å². The van der Waals surface area contributed by atoms with Crippen LogP contribution in [0.15, 0.2) is 0 Å². The summed E-state index contributed by atoms with van der Waals surface area (Å²) < 4.78 is 24.3. The highest BCUT2D eigenvalue weighted by atomic mass is 32.2. The number of likely N-dealkylation sites (tertiary alicyclic amines) is 1. The molecule has 5 N–H and O–H groups in total. The molecule has 1 saturated heterocycles. The lowest BCUT2D eigenvalue weighted by Crippen LogP contribution is -2.60. The number of hydrogen-bond donors (Lipinski definition) is 3. The number of rotatable bonds is 3. The first kappa shape index (κ1) is 11.9. The highest BCUT2D eigenvalue weighted by molar-refractivity contribution is 7.87. The average molecular weight is 222 g/mol. The SMILES string of the molecule is CN1CCC(CN)(NS(N)(=O)=O)CC1. The molecule has 0 spiro atoms. The first-order valence-electron chi connectivity index (χ1n) is 4.57. The number of hydrogen-bond acceptors (Lipinski definition) is 4. The molecule has 1 fully saturated rings. The minimum Gasteiger partial charge on any atom is -0.329 e. The summed E-state index contributed by atoms with van der Waals surface area (Å²) in [6.07, 6.45) is 1.41. The molecule has 0 saturated carbocycles. The molecule has 7 heteroatoms. The lowest BCUT2D eigenvalue weighted by molar-refractivity contribution is 0.182. The molecule has 6 nitrogen and oxygen atoms in total. The molecule has 1 aliphatic heterocycles. The molecule has 1 heterocycles. The van der Waals surface area contributed by atoms with Crippen molar-refractivity contribution in [1.82, 2.24) is 9.62 Å². The average Bonchev–Trinajstić information content (AvgIpc) is 2.07. The zero-order chi connectivity index (χ0) is 10.8. The van der Waals surface area contributed by atoms with Crippen molar-refractivity contribution < 1.29 is 8.42 Å². The summed E-state index contributed by atoms with van der Waals surface area (Å²) in [5, 5.41) is 4.95. The third kappa shape index (κ3) is 3.18. The van der Waals surface area contributed by atoms with Crippen LogP contribution in [0.2, 0.25) is 0 Å². The van der Waals surface area contributed by atoms with Crippen LogP contribution in [0.4, 0.5) is 0 Å². The highest BCUT2D eigenvalue weighted by Gasteiger charge is 2.34. The van der Waals surface area contributed by atoms with Gasteiger partial charge in [-0.15, -0.1) is 0 Å². The van der Waals surface area contributed by atoms with Gasteiger partial charge in [0, 0.05) is 12.1 Å². The van der Waals surface area contributed by atoms with E-state index in [9.17, 15) is 8.42 Å². The van der Waals surface area contributed by atoms with E-state index in [1.54, 1.807) is 0 Å². The molecule has 0 aromatic rings. The Balaban J connectivity index is 2.68. The molecule has 14 heavy (non-hydrogen) atoms. The van der Waals surface area contributed by atoms with Gasteiger partial charge in [-0.3, -0.25) is 0 Å². The lowest BCUT2D eigenvalue weighted by atomic mass is 9.89. The van der Waals surface area contributed by atoms with Crippen molar-refractivity contribution in [2.75, 3.05) is 26.7 Å². The Bertz CT molecular complexity index is 282. The van der Waals surface area contributed by atoms with Crippen molar-refractivity contribution in [3.63, 3.8) is 0 Å². The van der Waals surface area contributed by atoms with Crippen molar-refractivity contribution in [2.45, 2.75) is 18.4 Å². The summed E-state index contributed by atoms with van der Waals surface area (Å²) in [5.74, 6) is 0. The predicted octanol–water partition coefficient (Wildman–Crippen LogP) is -1.80. The van der Waals surface area contributed by atoms with Gasteiger partial charge in [0.25, 0.3) is 10.2 Å². The second-order valence-electron chi connectivity index (χ2n) is 3.93. The van der Waals surface area contributed by atoms with Gasteiger partial charge >= 0.3 is 0 Å². The number of nitrogens with two attached hydrogens (primary N) is 2. The summed E-state index contributed by atoms with van der Waals surface area (Å²) >= 11 is 0. The zero-order valence-corrected chi connectivity index (χ0v) is 9.18. The Hall–Kier alpha value is -0.210. The molecular formula is C7H18N4O2S. The van der Waals surface area contributed by atoms with E-state index >= 15 is 0 Å². The fourth-order valence-electron chi connectivity index (χ4n) is 1.70. The number of piperidine rings is 1. The molecule has 0 aromatic carbocycles. The molecule has 0 aromatic heterocycles. The maximum absolute atomic E-state index is 10.9. The van der Waals surface area contributed by atoms with Crippen molar-refractivity contribution in [1.29, 1.82) is 0 Å². The molecule has 0 radical (unpaired) electrons. The van der Waals surface area contributed by atoms with Crippen LogP contribution in [0.25, 0.3) is 0 Å². The van der Waals surface area contributed by atoms with Crippen molar-refractivity contribution in [3.05, 3.63) is 0 Å². The summed E-state index contributed by atoms with van der Waals surface area (Å²) in [4.78, 5) is 2.14. The van der Waals surface area contributed by atoms with Crippen LogP contribution in [-0.4, -0.2) is 45.5 Å². The Morgan fingerprint density at radius 1 is 1.43 bits per heavy atom. The molecule has 1 rings (SSSR count). The normalized spacial score (nSPS) is 23.6. The summed E-state index contributed by atoms with van der Waals surface area (Å²) in [5.41, 5.74) is 5.05. The second kappa shape index (κ2) is 4.11. The highest BCUT2D eigenvalue weighted by Crippen LogP contribution is 2.20. The third-order valence-corrected chi connectivity index (χ3v) is 3.41. The van der Waals surface area contributed by atoms with Crippen molar-refractivity contribution in [3.8, 4) is 0 Å². The van der Waals surface area contributed by atoms with Gasteiger partial charge in [0.15, 0.2) is 0 Å². The molecule has 0 unspecified atom stereocenters. The van der Waals surface area contributed by atoms with Gasteiger partial charge < -0.3 is 10.6 Å². The molecular weight excluding hydrogens is 204 g/mol. The Morgan fingerprint density at radius 2 is 1.93 bits per heavy atom. The van der Waals surface area contributed by atoms with Gasteiger partial charge in [-0.1, -0.05) is 0 Å². The zero-order valence-electron chi connectivity index (χ0n) is 8.36. The van der Waals surface area contributed by atoms with Gasteiger partial charge in [-0.25, -0.2) is 5.14 Å². The van der Waals surface area contributed by atoms with Crippen LogP contribution < -0.4 is 15.6 Å². The summed E-state index contributed by atoms with van der Waals surface area (Å²) in [7, 11) is -1.66. The maximum atomic E-state index is 10.9. The van der Waals surface area contributed by atoms with Crippen LogP contribution in [0.5, 0.6) is 0 Å². The largest absolute Gasteiger partial charge is 0.329 e. The topological polar surface area (TPSA) is 101 Å². The molecule has 0 aliphatic carbocycles. The summed E-state index contributed by atoms with van der Waals surface area (Å²) in [6.45, 7) is 1.96. The molecule has 0 atom stereocenters. The Labute approximate surface area is 84.8 Å². The summed E-state index contributed by atoms with van der Waals surface area (Å²) in [6, 6.07) is 0. The van der Waals surface area contributed by atoms with E-state index in [-0.39, 0.29) is 6.54 Å². The van der Waals surface area contributed by atoms with Crippen LogP contribution in [0.1, 0.15) is 12.8 Å². The number of nitrogens with one attached hydrogen (secondary N) is 1. The van der Waals surface area contributed by atoms with Crippen molar-refractivity contribution in [2.24, 2.45) is 10.9 Å². The molecule has 1 aliphatic rings. The van der Waals surface area contributed by atoms with Crippen LogP contribution >= 0.6 is 0 Å². The predicted molar refractivity (Wildman–Crippen MR) is 54.8 cm³/mol. The maximum Gasteiger partial charge on any atom is 0.274 e. The fraction of sp³-hybridized carbons (Fsp3) is 1.00. The van der Waals surface area contributed by atoms with Crippen LogP contribution in [0.3, 0.4) is 0 Å². The Kier molecular flexibility index (Phi) is 3.49. The van der Waals surface area contributed by atoms with Gasteiger partial charge in [0.2, 0.25) is 0 Å². The van der Waals surface area contributed by atoms with Gasteiger partial charge in [-0.05, 0) is 33.0 Å². The monoisotopic (exact) mass is 222 g/mol. The first-order valence-corrected chi connectivity index (χ1v) is 6.12. The quantitative estimate of drug-likeness (QED) is 0.524. The van der Waals surface area contributed by atoms with Crippen LogP contribution in [0, 0.1) is 0 Å². The minimum atomic E-state index is -3.66. The third-order valence-electron chi connectivity index (χ3n) is 2.69. The fourth-order valence-corrected chi connectivity index (χ4v) is 2.59. The second-order valence-corrected chi connectivity index (χ2v) is 5.23. The van der Waals surface area contributed by atoms with E-state index in [0.29, 0.717) is 12.8 Å². The molecule has 0 bridgehead atoms. The van der Waals surface area contributed by atoms with E-state index < -0.39 is 15.7 Å². The molecule has 84 valence electrons. The van der Waals surface area contributed by atoms with Gasteiger partial charge in [0.05, 0.1) is 0 Å². The smallest absolute Gasteiger partial charge is 0.274 e. The minimum absolute atomic E-state index is 0.289. The Morgan fingerprint density at radius 3 is 2.29 bits per heavy atom. The molecule has 0 amide bonds. The van der Waals surface area contributed by atoms with E-state index in [0.717, 1.165) is 13.1 Å². The van der Waals surface area contributed by atoms with E-state index in [4.69, 9.17) is 10.9 Å².